The third kappa shape index (κ3) is 2.42. The van der Waals surface area contributed by atoms with Crippen molar-refractivity contribution in [3.63, 3.8) is 0 Å². The van der Waals surface area contributed by atoms with Gasteiger partial charge in [-0.05, 0) is 23.1 Å². The summed E-state index contributed by atoms with van der Waals surface area (Å²) in [6, 6.07) is 6.91. The van der Waals surface area contributed by atoms with Crippen LogP contribution in [0.3, 0.4) is 0 Å². The molecule has 3 heteroatoms. The molecule has 0 heterocycles. The first kappa shape index (κ1) is 10.9. The van der Waals surface area contributed by atoms with Gasteiger partial charge in [-0.1, -0.05) is 38.1 Å². The molecule has 0 spiro atoms. The average Bonchev–Trinajstić information content (AvgIpc) is 2.16. The number of Topliss-reactive ketones (excluding diaryl/α,β-unsaturated/α-hetero) is 1. The summed E-state index contributed by atoms with van der Waals surface area (Å²) in [6.07, 6.45) is 0. The van der Waals surface area contributed by atoms with Crippen molar-refractivity contribution in [2.75, 3.05) is 0 Å². The number of carbonyl (C=O) groups is 2. The van der Waals surface area contributed by atoms with E-state index in [-0.39, 0.29) is 0 Å². The fourth-order valence-electron chi connectivity index (χ4n) is 1.13. The van der Waals surface area contributed by atoms with Gasteiger partial charge in [-0.3, -0.25) is 9.59 Å². The largest absolute Gasteiger partial charge is 0.293 e. The van der Waals surface area contributed by atoms with E-state index in [1.165, 1.54) is 0 Å². The zero-order valence-corrected chi connectivity index (χ0v) is 8.84. The molecule has 0 fully saturated rings. The molecule has 0 saturated heterocycles. The second-order valence-corrected chi connectivity index (χ2v) is 3.72. The smallest absolute Gasteiger partial charge is 0.284 e. The molecule has 74 valence electrons. The molecule has 1 aromatic carbocycles. The highest BCUT2D eigenvalue weighted by Crippen LogP contribution is 2.15. The van der Waals surface area contributed by atoms with Crippen LogP contribution in [0.25, 0.3) is 0 Å². The molecule has 0 aliphatic rings. The zero-order chi connectivity index (χ0) is 10.7. The molecule has 0 N–H and O–H groups in total. The molecule has 0 atom stereocenters. The van der Waals surface area contributed by atoms with E-state index >= 15 is 0 Å². The molecule has 0 aliphatic carbocycles. The van der Waals surface area contributed by atoms with Crippen LogP contribution in [0.5, 0.6) is 0 Å². The van der Waals surface area contributed by atoms with Gasteiger partial charge in [0.15, 0.2) is 0 Å². The van der Waals surface area contributed by atoms with E-state index in [1.54, 1.807) is 12.1 Å². The molecule has 0 aliphatic heterocycles. The van der Waals surface area contributed by atoms with Crippen molar-refractivity contribution >= 4 is 22.6 Å². The lowest BCUT2D eigenvalue weighted by molar-refractivity contribution is -0.108. The summed E-state index contributed by atoms with van der Waals surface area (Å²) < 4.78 is 0. The molecule has 0 saturated carbocycles. The summed E-state index contributed by atoms with van der Waals surface area (Å²) in [6.45, 7) is 4.12. The highest BCUT2D eigenvalue weighted by atomic mass is 35.5. The van der Waals surface area contributed by atoms with Gasteiger partial charge in [0.25, 0.3) is 5.24 Å². The van der Waals surface area contributed by atoms with Gasteiger partial charge in [-0.25, -0.2) is 0 Å². The SMILES string of the molecule is CC(C)c1ccc(C(=O)C(=O)Cl)cc1. The lowest BCUT2D eigenvalue weighted by Crippen LogP contribution is -2.07. The fourth-order valence-corrected chi connectivity index (χ4v) is 1.24. The summed E-state index contributed by atoms with van der Waals surface area (Å²) in [5, 5.41) is -0.942. The Morgan fingerprint density at radius 1 is 1.14 bits per heavy atom. The maximum absolute atomic E-state index is 11.1. The molecule has 0 radical (unpaired) electrons. The Labute approximate surface area is 87.9 Å². The van der Waals surface area contributed by atoms with Crippen LogP contribution in [-0.2, 0) is 4.79 Å². The molecular formula is C11H11ClO2. The maximum Gasteiger partial charge on any atom is 0.293 e. The molecule has 1 aromatic rings. The van der Waals surface area contributed by atoms with Gasteiger partial charge in [0.1, 0.15) is 0 Å². The average molecular weight is 211 g/mol. The molecular weight excluding hydrogens is 200 g/mol. The second kappa shape index (κ2) is 4.38. The van der Waals surface area contributed by atoms with Crippen LogP contribution in [0.4, 0.5) is 0 Å². The van der Waals surface area contributed by atoms with Gasteiger partial charge in [0.05, 0.1) is 0 Å². The minimum atomic E-state index is -0.942. The lowest BCUT2D eigenvalue weighted by Gasteiger charge is -2.04. The van der Waals surface area contributed by atoms with Crippen LogP contribution in [-0.4, -0.2) is 11.0 Å². The van der Waals surface area contributed by atoms with Gasteiger partial charge in [0.2, 0.25) is 5.78 Å². The van der Waals surface area contributed by atoms with Gasteiger partial charge in [0, 0.05) is 5.56 Å². The molecule has 1 rings (SSSR count). The summed E-state index contributed by atoms with van der Waals surface area (Å²) >= 11 is 5.08. The van der Waals surface area contributed by atoms with Crippen LogP contribution in [0.1, 0.15) is 35.7 Å². The predicted octanol–water partition coefficient (Wildman–Crippen LogP) is 2.76. The highest BCUT2D eigenvalue weighted by Gasteiger charge is 2.12. The Morgan fingerprint density at radius 3 is 2.00 bits per heavy atom. The number of ketones is 1. The second-order valence-electron chi connectivity index (χ2n) is 3.38. The van der Waals surface area contributed by atoms with Crippen LogP contribution in [0, 0.1) is 0 Å². The van der Waals surface area contributed by atoms with Crippen LogP contribution < -0.4 is 0 Å². The lowest BCUT2D eigenvalue weighted by atomic mass is 10.0. The van der Waals surface area contributed by atoms with Gasteiger partial charge < -0.3 is 0 Å². The van der Waals surface area contributed by atoms with Crippen LogP contribution >= 0.6 is 11.6 Å². The Balaban J connectivity index is 2.94. The van der Waals surface area contributed by atoms with Crippen molar-refractivity contribution in [2.24, 2.45) is 0 Å². The Morgan fingerprint density at radius 2 is 1.64 bits per heavy atom. The van der Waals surface area contributed by atoms with Crippen molar-refractivity contribution < 1.29 is 9.59 Å². The van der Waals surface area contributed by atoms with E-state index in [0.717, 1.165) is 5.56 Å². The van der Waals surface area contributed by atoms with Gasteiger partial charge in [-0.2, -0.15) is 0 Å². The van der Waals surface area contributed by atoms with Crippen molar-refractivity contribution in [1.29, 1.82) is 0 Å². The normalized spacial score (nSPS) is 10.3. The first-order valence-electron chi connectivity index (χ1n) is 4.36. The fraction of sp³-hybridized carbons (Fsp3) is 0.273. The van der Waals surface area contributed by atoms with Crippen LogP contribution in [0.2, 0.25) is 0 Å². The standard InChI is InChI=1S/C11H11ClO2/c1-7(2)8-3-5-9(6-4-8)10(13)11(12)14/h3-7H,1-2H3. The summed E-state index contributed by atoms with van der Waals surface area (Å²) in [5.41, 5.74) is 1.47. The number of benzene rings is 1. The van der Waals surface area contributed by atoms with E-state index in [2.05, 4.69) is 13.8 Å². The first-order valence-corrected chi connectivity index (χ1v) is 4.74. The molecule has 0 bridgehead atoms. The molecule has 0 aromatic heterocycles. The monoisotopic (exact) mass is 210 g/mol. The Hall–Kier alpha value is -1.15. The third-order valence-electron chi connectivity index (χ3n) is 2.02. The van der Waals surface area contributed by atoms with Gasteiger partial charge >= 0.3 is 0 Å². The van der Waals surface area contributed by atoms with Crippen molar-refractivity contribution in [1.82, 2.24) is 0 Å². The number of hydrogen-bond donors (Lipinski definition) is 0. The predicted molar refractivity (Wildman–Crippen MR) is 55.7 cm³/mol. The van der Waals surface area contributed by atoms with E-state index in [1.807, 2.05) is 12.1 Å². The van der Waals surface area contributed by atoms with Crippen LogP contribution in [0.15, 0.2) is 24.3 Å². The molecule has 2 nitrogen and oxygen atoms in total. The molecule has 0 amide bonds. The number of halogens is 1. The summed E-state index contributed by atoms with van der Waals surface area (Å²) in [7, 11) is 0. The van der Waals surface area contributed by atoms with Gasteiger partial charge in [-0.15, -0.1) is 0 Å². The minimum Gasteiger partial charge on any atom is -0.284 e. The van der Waals surface area contributed by atoms with Crippen molar-refractivity contribution in [3.8, 4) is 0 Å². The number of rotatable bonds is 3. The zero-order valence-electron chi connectivity index (χ0n) is 8.08. The van der Waals surface area contributed by atoms with Crippen molar-refractivity contribution in [2.45, 2.75) is 19.8 Å². The first-order chi connectivity index (χ1) is 6.52. The third-order valence-corrected chi connectivity index (χ3v) is 2.19. The summed E-state index contributed by atoms with van der Waals surface area (Å²) in [5.74, 6) is -0.243. The Bertz CT molecular complexity index is 352. The topological polar surface area (TPSA) is 34.1 Å². The number of hydrogen-bond acceptors (Lipinski definition) is 2. The van der Waals surface area contributed by atoms with E-state index in [9.17, 15) is 9.59 Å². The highest BCUT2D eigenvalue weighted by molar-refractivity contribution is 6.83. The Kier molecular flexibility index (Phi) is 3.42. The van der Waals surface area contributed by atoms with Crippen molar-refractivity contribution in [3.05, 3.63) is 35.4 Å². The number of carbonyl (C=O) groups excluding carboxylic acids is 2. The minimum absolute atomic E-state index is 0.342. The van der Waals surface area contributed by atoms with E-state index < -0.39 is 11.0 Å². The van der Waals surface area contributed by atoms with E-state index in [0.29, 0.717) is 11.5 Å². The molecule has 14 heavy (non-hydrogen) atoms. The quantitative estimate of drug-likeness (QED) is 0.437. The molecule has 0 unspecified atom stereocenters. The summed E-state index contributed by atoms with van der Waals surface area (Å²) in [4.78, 5) is 21.7. The van der Waals surface area contributed by atoms with E-state index in [4.69, 9.17) is 11.6 Å². The maximum atomic E-state index is 11.1.